The average molecular weight is 243 g/mol. The number of rotatable bonds is 3. The van der Waals surface area contributed by atoms with Gasteiger partial charge in [-0.1, -0.05) is 43.3 Å². The minimum absolute atomic E-state index is 0.232. The van der Waals surface area contributed by atoms with Gasteiger partial charge in [0, 0.05) is 0 Å². The molecule has 2 aromatic rings. The van der Waals surface area contributed by atoms with Crippen molar-refractivity contribution in [2.45, 2.75) is 25.8 Å². The molecule has 0 radical (unpaired) electrons. The SMILES string of the molecule is CCC(N)(c1ccccc1)c1cc(C)cc(F)c1. The van der Waals surface area contributed by atoms with Crippen molar-refractivity contribution in [2.24, 2.45) is 5.73 Å². The first-order chi connectivity index (χ1) is 8.56. The quantitative estimate of drug-likeness (QED) is 0.873. The molecule has 0 saturated heterocycles. The van der Waals surface area contributed by atoms with Crippen molar-refractivity contribution >= 4 is 0 Å². The summed E-state index contributed by atoms with van der Waals surface area (Å²) in [4.78, 5) is 0. The maximum absolute atomic E-state index is 13.6. The van der Waals surface area contributed by atoms with Crippen molar-refractivity contribution < 1.29 is 4.39 Å². The summed E-state index contributed by atoms with van der Waals surface area (Å²) in [5.41, 5.74) is 8.61. The van der Waals surface area contributed by atoms with Crippen molar-refractivity contribution in [2.75, 3.05) is 0 Å². The fourth-order valence-corrected chi connectivity index (χ4v) is 2.30. The smallest absolute Gasteiger partial charge is 0.123 e. The second kappa shape index (κ2) is 4.91. The monoisotopic (exact) mass is 243 g/mol. The van der Waals surface area contributed by atoms with Crippen LogP contribution in [0.2, 0.25) is 0 Å². The van der Waals surface area contributed by atoms with Gasteiger partial charge < -0.3 is 5.73 Å². The third-order valence-corrected chi connectivity index (χ3v) is 3.40. The van der Waals surface area contributed by atoms with Crippen LogP contribution in [0.15, 0.2) is 48.5 Å². The van der Waals surface area contributed by atoms with E-state index in [0.717, 1.165) is 23.1 Å². The zero-order chi connectivity index (χ0) is 13.2. The molecular formula is C16H18FN. The molecule has 0 aliphatic rings. The first-order valence-corrected chi connectivity index (χ1v) is 6.18. The molecule has 2 rings (SSSR count). The van der Waals surface area contributed by atoms with E-state index in [1.165, 1.54) is 12.1 Å². The van der Waals surface area contributed by atoms with E-state index in [1.807, 2.05) is 50.2 Å². The van der Waals surface area contributed by atoms with Crippen LogP contribution in [0, 0.1) is 12.7 Å². The van der Waals surface area contributed by atoms with Gasteiger partial charge in [0.25, 0.3) is 0 Å². The number of nitrogens with two attached hydrogens (primary N) is 1. The van der Waals surface area contributed by atoms with Crippen LogP contribution >= 0.6 is 0 Å². The maximum Gasteiger partial charge on any atom is 0.123 e. The second-order valence-corrected chi connectivity index (χ2v) is 4.71. The summed E-state index contributed by atoms with van der Waals surface area (Å²) in [5, 5.41) is 0. The van der Waals surface area contributed by atoms with Crippen molar-refractivity contribution in [3.05, 3.63) is 71.0 Å². The summed E-state index contributed by atoms with van der Waals surface area (Å²) in [5.74, 6) is -0.232. The Morgan fingerprint density at radius 3 is 2.28 bits per heavy atom. The summed E-state index contributed by atoms with van der Waals surface area (Å²) in [6.07, 6.45) is 0.722. The molecule has 1 atom stereocenters. The van der Waals surface area contributed by atoms with Gasteiger partial charge in [0.15, 0.2) is 0 Å². The molecule has 0 spiro atoms. The Labute approximate surface area is 107 Å². The largest absolute Gasteiger partial charge is 0.318 e. The van der Waals surface area contributed by atoms with Gasteiger partial charge in [-0.3, -0.25) is 0 Å². The van der Waals surface area contributed by atoms with Crippen LogP contribution in [0.4, 0.5) is 4.39 Å². The van der Waals surface area contributed by atoms with Gasteiger partial charge in [0.05, 0.1) is 5.54 Å². The van der Waals surface area contributed by atoms with Crippen LogP contribution < -0.4 is 5.73 Å². The van der Waals surface area contributed by atoms with E-state index < -0.39 is 5.54 Å². The van der Waals surface area contributed by atoms with Gasteiger partial charge in [-0.25, -0.2) is 4.39 Å². The van der Waals surface area contributed by atoms with Crippen LogP contribution in [0.5, 0.6) is 0 Å². The summed E-state index contributed by atoms with van der Waals surface area (Å²) < 4.78 is 13.6. The van der Waals surface area contributed by atoms with Crippen LogP contribution in [-0.2, 0) is 5.54 Å². The number of aryl methyl sites for hydroxylation is 1. The molecule has 0 aliphatic heterocycles. The zero-order valence-electron chi connectivity index (χ0n) is 10.8. The van der Waals surface area contributed by atoms with E-state index in [-0.39, 0.29) is 5.82 Å². The first kappa shape index (κ1) is 12.8. The standard InChI is InChI=1S/C16H18FN/c1-3-16(18,13-7-5-4-6-8-13)14-9-12(2)10-15(17)11-14/h4-11H,3,18H2,1-2H3. The Bertz CT molecular complexity index is 516. The molecule has 1 unspecified atom stereocenters. The second-order valence-electron chi connectivity index (χ2n) is 4.71. The van der Waals surface area contributed by atoms with Crippen LogP contribution in [-0.4, -0.2) is 0 Å². The van der Waals surface area contributed by atoms with E-state index in [4.69, 9.17) is 5.73 Å². The lowest BCUT2D eigenvalue weighted by Crippen LogP contribution is -2.37. The minimum atomic E-state index is -0.631. The molecule has 2 heteroatoms. The number of hydrogen-bond donors (Lipinski definition) is 1. The maximum atomic E-state index is 13.6. The van der Waals surface area contributed by atoms with E-state index >= 15 is 0 Å². The molecule has 0 fully saturated rings. The Kier molecular flexibility index (Phi) is 3.48. The number of hydrogen-bond acceptors (Lipinski definition) is 1. The van der Waals surface area contributed by atoms with Crippen molar-refractivity contribution in [1.82, 2.24) is 0 Å². The lowest BCUT2D eigenvalue weighted by molar-refractivity contribution is 0.512. The molecule has 1 nitrogen and oxygen atoms in total. The molecule has 18 heavy (non-hydrogen) atoms. The fourth-order valence-electron chi connectivity index (χ4n) is 2.30. The third-order valence-electron chi connectivity index (χ3n) is 3.40. The van der Waals surface area contributed by atoms with Crippen LogP contribution in [0.25, 0.3) is 0 Å². The average Bonchev–Trinajstić information content (AvgIpc) is 2.37. The summed E-state index contributed by atoms with van der Waals surface area (Å²) in [6.45, 7) is 3.90. The summed E-state index contributed by atoms with van der Waals surface area (Å²) in [7, 11) is 0. The van der Waals surface area contributed by atoms with Crippen molar-refractivity contribution in [3.63, 3.8) is 0 Å². The van der Waals surface area contributed by atoms with Crippen LogP contribution in [0.3, 0.4) is 0 Å². The van der Waals surface area contributed by atoms with E-state index in [9.17, 15) is 4.39 Å². The molecule has 2 N–H and O–H groups in total. The lowest BCUT2D eigenvalue weighted by atomic mass is 9.81. The Balaban J connectivity index is 2.56. The Morgan fingerprint density at radius 2 is 1.72 bits per heavy atom. The third kappa shape index (κ3) is 2.29. The summed E-state index contributed by atoms with van der Waals surface area (Å²) in [6, 6.07) is 14.9. The number of halogens is 1. The lowest BCUT2D eigenvalue weighted by Gasteiger charge is -2.30. The molecule has 0 bridgehead atoms. The van der Waals surface area contributed by atoms with Gasteiger partial charge in [-0.05, 0) is 42.2 Å². The minimum Gasteiger partial charge on any atom is -0.318 e. The van der Waals surface area contributed by atoms with Gasteiger partial charge in [0.2, 0.25) is 0 Å². The molecule has 0 aromatic heterocycles. The van der Waals surface area contributed by atoms with Gasteiger partial charge in [0.1, 0.15) is 5.82 Å². The Hall–Kier alpha value is -1.67. The topological polar surface area (TPSA) is 26.0 Å². The van der Waals surface area contributed by atoms with Gasteiger partial charge in [-0.2, -0.15) is 0 Å². The van der Waals surface area contributed by atoms with Gasteiger partial charge >= 0.3 is 0 Å². The zero-order valence-corrected chi connectivity index (χ0v) is 10.8. The van der Waals surface area contributed by atoms with E-state index in [1.54, 1.807) is 0 Å². The van der Waals surface area contributed by atoms with Crippen LogP contribution in [0.1, 0.15) is 30.0 Å². The van der Waals surface area contributed by atoms with Crippen molar-refractivity contribution in [3.8, 4) is 0 Å². The number of benzene rings is 2. The molecule has 0 saturated carbocycles. The Morgan fingerprint density at radius 1 is 1.06 bits per heavy atom. The predicted octanol–water partition coefficient (Wildman–Crippen LogP) is 3.75. The molecule has 2 aromatic carbocycles. The highest BCUT2D eigenvalue weighted by Gasteiger charge is 2.27. The highest BCUT2D eigenvalue weighted by Crippen LogP contribution is 2.31. The highest BCUT2D eigenvalue weighted by molar-refractivity contribution is 5.39. The van der Waals surface area contributed by atoms with Gasteiger partial charge in [-0.15, -0.1) is 0 Å². The molecule has 94 valence electrons. The molecular weight excluding hydrogens is 225 g/mol. The molecule has 0 heterocycles. The van der Waals surface area contributed by atoms with Crippen molar-refractivity contribution in [1.29, 1.82) is 0 Å². The molecule has 0 aliphatic carbocycles. The normalized spacial score (nSPS) is 14.2. The molecule has 0 amide bonds. The summed E-state index contributed by atoms with van der Waals surface area (Å²) >= 11 is 0. The predicted molar refractivity (Wildman–Crippen MR) is 72.8 cm³/mol. The van der Waals surface area contributed by atoms with E-state index in [2.05, 4.69) is 0 Å². The highest BCUT2D eigenvalue weighted by atomic mass is 19.1. The first-order valence-electron chi connectivity index (χ1n) is 6.18. The fraction of sp³-hybridized carbons (Fsp3) is 0.250. The van der Waals surface area contributed by atoms with E-state index in [0.29, 0.717) is 0 Å².